The second kappa shape index (κ2) is 6.20. The lowest BCUT2D eigenvalue weighted by molar-refractivity contribution is 0.0939. The molecule has 1 heterocycles. The minimum absolute atomic E-state index is 0.0302. The third-order valence-electron chi connectivity index (χ3n) is 2.99. The number of carbonyl (C=O) groups excluding carboxylic acids is 1. The first-order valence-corrected chi connectivity index (χ1v) is 6.21. The summed E-state index contributed by atoms with van der Waals surface area (Å²) in [7, 11) is 3.92. The number of amides is 1. The Morgan fingerprint density at radius 3 is 2.53 bits per heavy atom. The van der Waals surface area contributed by atoms with Crippen molar-refractivity contribution in [1.82, 2.24) is 10.2 Å². The van der Waals surface area contributed by atoms with Crippen LogP contribution in [0, 0.1) is 0 Å². The number of furan rings is 1. The summed E-state index contributed by atoms with van der Waals surface area (Å²) in [6.07, 6.45) is 1.64. The van der Waals surface area contributed by atoms with E-state index in [0.29, 0.717) is 12.1 Å². The summed E-state index contributed by atoms with van der Waals surface area (Å²) in [6, 6.07) is 13.0. The van der Waals surface area contributed by atoms with Gasteiger partial charge in [-0.25, -0.2) is 0 Å². The lowest BCUT2D eigenvalue weighted by Crippen LogP contribution is -2.34. The molecular weight excluding hydrogens is 240 g/mol. The van der Waals surface area contributed by atoms with E-state index in [4.69, 9.17) is 4.42 Å². The average molecular weight is 258 g/mol. The molecule has 1 N–H and O–H groups in total. The summed E-state index contributed by atoms with van der Waals surface area (Å²) < 4.78 is 5.40. The van der Waals surface area contributed by atoms with Gasteiger partial charge in [-0.05, 0) is 38.4 Å². The molecule has 2 rings (SSSR count). The molecule has 0 aliphatic heterocycles. The maximum atomic E-state index is 12.0. The lowest BCUT2D eigenvalue weighted by Gasteiger charge is -2.22. The highest BCUT2D eigenvalue weighted by molar-refractivity contribution is 5.94. The van der Waals surface area contributed by atoms with Crippen LogP contribution in [0.25, 0.3) is 0 Å². The van der Waals surface area contributed by atoms with E-state index in [1.165, 1.54) is 0 Å². The molecular formula is C15H18N2O2. The van der Waals surface area contributed by atoms with E-state index >= 15 is 0 Å². The van der Waals surface area contributed by atoms with Gasteiger partial charge in [-0.15, -0.1) is 0 Å². The van der Waals surface area contributed by atoms with Crippen LogP contribution in [-0.4, -0.2) is 31.4 Å². The summed E-state index contributed by atoms with van der Waals surface area (Å²) in [6.45, 7) is 0.508. The number of nitrogens with zero attached hydrogens (tertiary/aromatic N) is 1. The van der Waals surface area contributed by atoms with Gasteiger partial charge in [0.2, 0.25) is 0 Å². The van der Waals surface area contributed by atoms with Crippen molar-refractivity contribution in [2.75, 3.05) is 20.6 Å². The number of nitrogens with one attached hydrogen (secondary N) is 1. The van der Waals surface area contributed by atoms with Crippen LogP contribution in [0.2, 0.25) is 0 Å². The van der Waals surface area contributed by atoms with Crippen molar-refractivity contribution in [2.24, 2.45) is 0 Å². The van der Waals surface area contributed by atoms with Gasteiger partial charge >= 0.3 is 0 Å². The molecule has 0 aliphatic carbocycles. The Bertz CT molecular complexity index is 506. The zero-order chi connectivity index (χ0) is 13.7. The van der Waals surface area contributed by atoms with Gasteiger partial charge in [-0.1, -0.05) is 18.2 Å². The molecule has 0 bridgehead atoms. The molecule has 1 unspecified atom stereocenters. The topological polar surface area (TPSA) is 45.5 Å². The van der Waals surface area contributed by atoms with Crippen molar-refractivity contribution in [3.8, 4) is 0 Å². The Kier molecular flexibility index (Phi) is 4.36. The SMILES string of the molecule is CN(C)C(CNC(=O)c1ccccc1)c1ccco1. The molecule has 0 fully saturated rings. The Labute approximate surface area is 113 Å². The fourth-order valence-corrected chi connectivity index (χ4v) is 1.90. The number of benzene rings is 1. The molecule has 1 amide bonds. The average Bonchev–Trinajstić information content (AvgIpc) is 2.93. The predicted molar refractivity (Wildman–Crippen MR) is 73.9 cm³/mol. The predicted octanol–water partition coefficient (Wildman–Crippen LogP) is 2.31. The molecule has 4 nitrogen and oxygen atoms in total. The fourth-order valence-electron chi connectivity index (χ4n) is 1.90. The Morgan fingerprint density at radius 2 is 1.95 bits per heavy atom. The molecule has 0 saturated heterocycles. The van der Waals surface area contributed by atoms with Gasteiger partial charge in [0.1, 0.15) is 5.76 Å². The zero-order valence-electron chi connectivity index (χ0n) is 11.2. The van der Waals surface area contributed by atoms with Gasteiger partial charge in [0, 0.05) is 12.1 Å². The Balaban J connectivity index is 1.98. The minimum atomic E-state index is -0.0704. The van der Waals surface area contributed by atoms with Crippen molar-refractivity contribution < 1.29 is 9.21 Å². The third kappa shape index (κ3) is 3.45. The standard InChI is InChI=1S/C15H18N2O2/c1-17(2)13(14-9-6-10-19-14)11-16-15(18)12-7-4-3-5-8-12/h3-10,13H,11H2,1-2H3,(H,16,18). The number of carbonyl (C=O) groups is 1. The van der Waals surface area contributed by atoms with Crippen LogP contribution in [-0.2, 0) is 0 Å². The van der Waals surface area contributed by atoms with E-state index < -0.39 is 0 Å². The van der Waals surface area contributed by atoms with E-state index in [1.54, 1.807) is 18.4 Å². The van der Waals surface area contributed by atoms with E-state index in [9.17, 15) is 4.79 Å². The van der Waals surface area contributed by atoms with Crippen molar-refractivity contribution in [1.29, 1.82) is 0 Å². The fraction of sp³-hybridized carbons (Fsp3) is 0.267. The van der Waals surface area contributed by atoms with Crippen LogP contribution in [0.4, 0.5) is 0 Å². The molecule has 1 atom stereocenters. The number of rotatable bonds is 5. The molecule has 0 radical (unpaired) electrons. The zero-order valence-corrected chi connectivity index (χ0v) is 11.2. The highest BCUT2D eigenvalue weighted by Gasteiger charge is 2.18. The molecule has 0 aliphatic rings. The van der Waals surface area contributed by atoms with Crippen LogP contribution in [0.15, 0.2) is 53.1 Å². The number of hydrogen-bond acceptors (Lipinski definition) is 3. The minimum Gasteiger partial charge on any atom is -0.468 e. The molecule has 1 aromatic carbocycles. The van der Waals surface area contributed by atoms with Gasteiger partial charge in [0.15, 0.2) is 0 Å². The molecule has 0 saturated carbocycles. The summed E-state index contributed by atoms with van der Waals surface area (Å²) in [5, 5.41) is 2.93. The van der Waals surface area contributed by atoms with E-state index in [1.807, 2.05) is 49.3 Å². The lowest BCUT2D eigenvalue weighted by atomic mass is 10.2. The first-order valence-electron chi connectivity index (χ1n) is 6.21. The smallest absolute Gasteiger partial charge is 0.251 e. The first kappa shape index (κ1) is 13.4. The van der Waals surface area contributed by atoms with Crippen molar-refractivity contribution in [3.63, 3.8) is 0 Å². The van der Waals surface area contributed by atoms with E-state index in [0.717, 1.165) is 5.76 Å². The van der Waals surface area contributed by atoms with Crippen molar-refractivity contribution in [2.45, 2.75) is 6.04 Å². The van der Waals surface area contributed by atoms with E-state index in [2.05, 4.69) is 5.32 Å². The summed E-state index contributed by atoms with van der Waals surface area (Å²) in [4.78, 5) is 14.0. The van der Waals surface area contributed by atoms with Gasteiger partial charge in [0.05, 0.1) is 12.3 Å². The van der Waals surface area contributed by atoms with Crippen LogP contribution >= 0.6 is 0 Å². The van der Waals surface area contributed by atoms with Crippen LogP contribution < -0.4 is 5.32 Å². The normalized spacial score (nSPS) is 12.4. The van der Waals surface area contributed by atoms with Gasteiger partial charge in [-0.3, -0.25) is 9.69 Å². The second-order valence-electron chi connectivity index (χ2n) is 4.57. The summed E-state index contributed by atoms with van der Waals surface area (Å²) in [5.41, 5.74) is 0.666. The molecule has 1 aromatic heterocycles. The molecule has 2 aromatic rings. The van der Waals surface area contributed by atoms with Gasteiger partial charge in [0.25, 0.3) is 5.91 Å². The Morgan fingerprint density at radius 1 is 1.21 bits per heavy atom. The number of likely N-dealkylation sites (N-methyl/N-ethyl adjacent to an activating group) is 1. The number of hydrogen-bond donors (Lipinski definition) is 1. The maximum Gasteiger partial charge on any atom is 0.251 e. The highest BCUT2D eigenvalue weighted by Crippen LogP contribution is 2.17. The largest absolute Gasteiger partial charge is 0.468 e. The highest BCUT2D eigenvalue weighted by atomic mass is 16.3. The quantitative estimate of drug-likeness (QED) is 0.895. The van der Waals surface area contributed by atoms with Crippen LogP contribution in [0.5, 0.6) is 0 Å². The van der Waals surface area contributed by atoms with Crippen molar-refractivity contribution in [3.05, 3.63) is 60.1 Å². The van der Waals surface area contributed by atoms with E-state index in [-0.39, 0.29) is 11.9 Å². The maximum absolute atomic E-state index is 12.0. The molecule has 4 heteroatoms. The second-order valence-corrected chi connectivity index (χ2v) is 4.57. The molecule has 19 heavy (non-hydrogen) atoms. The summed E-state index contributed by atoms with van der Waals surface area (Å²) in [5.74, 6) is 0.775. The third-order valence-corrected chi connectivity index (χ3v) is 2.99. The van der Waals surface area contributed by atoms with Gasteiger partial charge in [-0.2, -0.15) is 0 Å². The first-order chi connectivity index (χ1) is 9.18. The Hall–Kier alpha value is -2.07. The van der Waals surface area contributed by atoms with Crippen LogP contribution in [0.3, 0.4) is 0 Å². The van der Waals surface area contributed by atoms with Gasteiger partial charge < -0.3 is 9.73 Å². The molecule has 100 valence electrons. The van der Waals surface area contributed by atoms with Crippen LogP contribution in [0.1, 0.15) is 22.2 Å². The monoisotopic (exact) mass is 258 g/mol. The summed E-state index contributed by atoms with van der Waals surface area (Å²) >= 11 is 0. The van der Waals surface area contributed by atoms with Crippen molar-refractivity contribution >= 4 is 5.91 Å². The molecule has 0 spiro atoms.